The van der Waals surface area contributed by atoms with Gasteiger partial charge < -0.3 is 15.0 Å². The van der Waals surface area contributed by atoms with Crippen LogP contribution in [0.15, 0.2) is 24.3 Å². The molecule has 1 atom stereocenters. The molecule has 1 N–H and O–H groups in total. The van der Waals surface area contributed by atoms with Crippen molar-refractivity contribution in [2.75, 3.05) is 18.1 Å². The standard InChI is InChI=1S/C17H22N2O4/c1-3-12(2)18-15(20)11-23-17(22)13-6-4-7-14(10-13)19-9-5-8-16(19)21/h4,6-7,10,12H,3,5,8-9,11H2,1-2H3,(H,18,20)/t12-/m0/s1. The zero-order valence-corrected chi connectivity index (χ0v) is 13.5. The number of ether oxygens (including phenoxy) is 1. The van der Waals surface area contributed by atoms with E-state index in [9.17, 15) is 14.4 Å². The number of nitrogens with one attached hydrogen (secondary N) is 1. The Morgan fingerprint density at radius 1 is 1.39 bits per heavy atom. The van der Waals surface area contributed by atoms with Gasteiger partial charge in [-0.1, -0.05) is 13.0 Å². The number of anilines is 1. The molecule has 1 saturated heterocycles. The Bertz CT molecular complexity index is 600. The normalized spacial score (nSPS) is 15.4. The van der Waals surface area contributed by atoms with Crippen LogP contribution in [0, 0.1) is 0 Å². The lowest BCUT2D eigenvalue weighted by atomic mass is 10.2. The highest BCUT2D eigenvalue weighted by atomic mass is 16.5. The number of rotatable bonds is 6. The summed E-state index contributed by atoms with van der Waals surface area (Å²) in [6.07, 6.45) is 2.17. The third-order valence-corrected chi connectivity index (χ3v) is 3.82. The minimum absolute atomic E-state index is 0.0470. The van der Waals surface area contributed by atoms with Crippen LogP contribution >= 0.6 is 0 Å². The van der Waals surface area contributed by atoms with E-state index in [1.807, 2.05) is 13.8 Å². The zero-order valence-electron chi connectivity index (χ0n) is 13.5. The van der Waals surface area contributed by atoms with E-state index in [1.165, 1.54) is 0 Å². The van der Waals surface area contributed by atoms with Crippen molar-refractivity contribution in [2.45, 2.75) is 39.2 Å². The lowest BCUT2D eigenvalue weighted by Gasteiger charge is -2.16. The first-order valence-corrected chi connectivity index (χ1v) is 7.88. The summed E-state index contributed by atoms with van der Waals surface area (Å²) >= 11 is 0. The first kappa shape index (κ1) is 17.0. The molecule has 0 bridgehead atoms. The van der Waals surface area contributed by atoms with Gasteiger partial charge in [0.05, 0.1) is 5.56 Å². The van der Waals surface area contributed by atoms with Gasteiger partial charge >= 0.3 is 5.97 Å². The van der Waals surface area contributed by atoms with Crippen molar-refractivity contribution in [1.82, 2.24) is 5.32 Å². The predicted octanol–water partition coefficient (Wildman–Crippen LogP) is 1.88. The van der Waals surface area contributed by atoms with E-state index in [-0.39, 0.29) is 24.5 Å². The summed E-state index contributed by atoms with van der Waals surface area (Å²) in [5, 5.41) is 2.73. The van der Waals surface area contributed by atoms with Gasteiger partial charge in [-0.2, -0.15) is 0 Å². The molecule has 0 aromatic heterocycles. The van der Waals surface area contributed by atoms with Gasteiger partial charge in [0.15, 0.2) is 6.61 Å². The fourth-order valence-corrected chi connectivity index (χ4v) is 2.35. The quantitative estimate of drug-likeness (QED) is 0.813. The van der Waals surface area contributed by atoms with Gasteiger partial charge in [0, 0.05) is 24.7 Å². The number of amides is 2. The van der Waals surface area contributed by atoms with Crippen molar-refractivity contribution in [3.63, 3.8) is 0 Å². The van der Waals surface area contributed by atoms with E-state index in [2.05, 4.69) is 5.32 Å². The fourth-order valence-electron chi connectivity index (χ4n) is 2.35. The summed E-state index contributed by atoms with van der Waals surface area (Å²) in [5.41, 5.74) is 1.02. The molecule has 1 aliphatic heterocycles. The van der Waals surface area contributed by atoms with Crippen LogP contribution < -0.4 is 10.2 Å². The minimum atomic E-state index is -0.571. The minimum Gasteiger partial charge on any atom is -0.452 e. The SMILES string of the molecule is CC[C@H](C)NC(=O)COC(=O)c1cccc(N2CCCC2=O)c1. The van der Waals surface area contributed by atoms with Gasteiger partial charge in [-0.15, -0.1) is 0 Å². The molecule has 1 heterocycles. The zero-order chi connectivity index (χ0) is 16.8. The molecule has 2 amide bonds. The molecule has 23 heavy (non-hydrogen) atoms. The van der Waals surface area contributed by atoms with E-state index in [0.717, 1.165) is 12.8 Å². The van der Waals surface area contributed by atoms with Crippen LogP contribution in [0.2, 0.25) is 0 Å². The molecule has 0 aliphatic carbocycles. The number of carbonyl (C=O) groups excluding carboxylic acids is 3. The molecule has 2 rings (SSSR count). The lowest BCUT2D eigenvalue weighted by Crippen LogP contribution is -2.35. The Morgan fingerprint density at radius 2 is 2.17 bits per heavy atom. The van der Waals surface area contributed by atoms with Crippen molar-refractivity contribution >= 4 is 23.5 Å². The average Bonchev–Trinajstić information content (AvgIpc) is 2.98. The number of esters is 1. The summed E-state index contributed by atoms with van der Waals surface area (Å²) in [7, 11) is 0. The van der Waals surface area contributed by atoms with Gasteiger partial charge in [0.25, 0.3) is 5.91 Å². The highest BCUT2D eigenvalue weighted by molar-refractivity contribution is 5.97. The summed E-state index contributed by atoms with van der Waals surface area (Å²) in [6.45, 7) is 4.20. The average molecular weight is 318 g/mol. The molecular weight excluding hydrogens is 296 g/mol. The molecular formula is C17H22N2O4. The summed E-state index contributed by atoms with van der Waals surface area (Å²) in [5.74, 6) is -0.833. The monoisotopic (exact) mass is 318 g/mol. The molecule has 0 radical (unpaired) electrons. The maximum atomic E-state index is 12.0. The largest absolute Gasteiger partial charge is 0.452 e. The highest BCUT2D eigenvalue weighted by Crippen LogP contribution is 2.22. The second kappa shape index (κ2) is 7.76. The van der Waals surface area contributed by atoms with Crippen molar-refractivity contribution in [3.8, 4) is 0 Å². The van der Waals surface area contributed by atoms with Crippen LogP contribution in [0.3, 0.4) is 0 Å². The van der Waals surface area contributed by atoms with Crippen LogP contribution in [0.1, 0.15) is 43.5 Å². The van der Waals surface area contributed by atoms with Crippen molar-refractivity contribution < 1.29 is 19.1 Å². The number of carbonyl (C=O) groups is 3. The molecule has 6 heteroatoms. The molecule has 1 aromatic carbocycles. The molecule has 1 aliphatic rings. The molecule has 0 unspecified atom stereocenters. The van der Waals surface area contributed by atoms with Gasteiger partial charge in [0.2, 0.25) is 5.91 Å². The Labute approximate surface area is 135 Å². The van der Waals surface area contributed by atoms with Crippen LogP contribution in [0.4, 0.5) is 5.69 Å². The second-order valence-electron chi connectivity index (χ2n) is 5.65. The lowest BCUT2D eigenvalue weighted by molar-refractivity contribution is -0.124. The number of benzene rings is 1. The Hall–Kier alpha value is -2.37. The Morgan fingerprint density at radius 3 is 2.83 bits per heavy atom. The van der Waals surface area contributed by atoms with Crippen molar-refractivity contribution in [2.24, 2.45) is 0 Å². The predicted molar refractivity (Wildman–Crippen MR) is 86.2 cm³/mol. The number of hydrogen-bond donors (Lipinski definition) is 1. The summed E-state index contributed by atoms with van der Waals surface area (Å²) in [4.78, 5) is 37.1. The third kappa shape index (κ3) is 4.55. The van der Waals surface area contributed by atoms with Gasteiger partial charge in [-0.25, -0.2) is 4.79 Å². The molecule has 0 saturated carbocycles. The summed E-state index contributed by atoms with van der Waals surface area (Å²) in [6, 6.07) is 6.77. The molecule has 1 aromatic rings. The van der Waals surface area contributed by atoms with Crippen molar-refractivity contribution in [1.29, 1.82) is 0 Å². The molecule has 1 fully saturated rings. The first-order valence-electron chi connectivity index (χ1n) is 7.88. The van der Waals surface area contributed by atoms with Crippen LogP contribution in [-0.2, 0) is 14.3 Å². The second-order valence-corrected chi connectivity index (χ2v) is 5.65. The van der Waals surface area contributed by atoms with E-state index in [4.69, 9.17) is 4.74 Å². The highest BCUT2D eigenvalue weighted by Gasteiger charge is 2.22. The Kier molecular flexibility index (Phi) is 5.73. The van der Waals surface area contributed by atoms with Crippen LogP contribution in [0.5, 0.6) is 0 Å². The molecule has 6 nitrogen and oxygen atoms in total. The fraction of sp³-hybridized carbons (Fsp3) is 0.471. The number of nitrogens with zero attached hydrogens (tertiary/aromatic N) is 1. The third-order valence-electron chi connectivity index (χ3n) is 3.82. The number of hydrogen-bond acceptors (Lipinski definition) is 4. The van der Waals surface area contributed by atoms with Crippen molar-refractivity contribution in [3.05, 3.63) is 29.8 Å². The smallest absolute Gasteiger partial charge is 0.338 e. The van der Waals surface area contributed by atoms with Crippen LogP contribution in [0.25, 0.3) is 0 Å². The molecule has 124 valence electrons. The van der Waals surface area contributed by atoms with E-state index >= 15 is 0 Å². The molecule has 0 spiro atoms. The van der Waals surface area contributed by atoms with Gasteiger partial charge in [-0.05, 0) is 38.0 Å². The van der Waals surface area contributed by atoms with Crippen LogP contribution in [-0.4, -0.2) is 37.0 Å². The Balaban J connectivity index is 1.95. The topological polar surface area (TPSA) is 75.7 Å². The maximum Gasteiger partial charge on any atom is 0.338 e. The summed E-state index contributed by atoms with van der Waals surface area (Å²) < 4.78 is 5.03. The van der Waals surface area contributed by atoms with Gasteiger partial charge in [0.1, 0.15) is 0 Å². The van der Waals surface area contributed by atoms with E-state index in [1.54, 1.807) is 29.2 Å². The van der Waals surface area contributed by atoms with Gasteiger partial charge in [-0.3, -0.25) is 9.59 Å². The first-order chi connectivity index (χ1) is 11.0. The maximum absolute atomic E-state index is 12.0. The van der Waals surface area contributed by atoms with E-state index < -0.39 is 5.97 Å². The van der Waals surface area contributed by atoms with E-state index in [0.29, 0.717) is 24.2 Å².